The monoisotopic (exact) mass is 345 g/mol. The summed E-state index contributed by atoms with van der Waals surface area (Å²) in [7, 11) is 0. The van der Waals surface area contributed by atoms with Gasteiger partial charge in [-0.2, -0.15) is 13.2 Å². The lowest BCUT2D eigenvalue weighted by atomic mass is 9.99. The Kier molecular flexibility index (Phi) is 4.56. The normalized spacial score (nSPS) is 11.5. The van der Waals surface area contributed by atoms with Crippen molar-refractivity contribution in [2.24, 2.45) is 0 Å². The summed E-state index contributed by atoms with van der Waals surface area (Å²) in [4.78, 5) is 17.4. The number of alkyl halides is 3. The van der Waals surface area contributed by atoms with Crippen LogP contribution in [0, 0.1) is 0 Å². The first-order valence-corrected chi connectivity index (χ1v) is 7.48. The molecule has 0 fully saturated rings. The molecule has 2 N–H and O–H groups in total. The van der Waals surface area contributed by atoms with Gasteiger partial charge in [-0.3, -0.25) is 9.78 Å². The van der Waals surface area contributed by atoms with Crippen LogP contribution in [0.5, 0.6) is 0 Å². The minimum Gasteiger partial charge on any atom is -0.345 e. The molecule has 4 nitrogen and oxygen atoms in total. The highest BCUT2D eigenvalue weighted by molar-refractivity contribution is 5.41. The van der Waals surface area contributed by atoms with Crippen LogP contribution < -0.4 is 10.9 Å². The van der Waals surface area contributed by atoms with Gasteiger partial charge in [0, 0.05) is 6.07 Å². The molecule has 0 spiro atoms. The summed E-state index contributed by atoms with van der Waals surface area (Å²) in [5.74, 6) is -0.238. The third-order valence-electron chi connectivity index (χ3n) is 3.58. The summed E-state index contributed by atoms with van der Waals surface area (Å²) in [6.45, 7) is 0. The van der Waals surface area contributed by atoms with E-state index in [-0.39, 0.29) is 5.95 Å². The molecule has 0 atom stereocenters. The molecule has 0 unspecified atom stereocenters. The van der Waals surface area contributed by atoms with Gasteiger partial charge in [0.15, 0.2) is 5.69 Å². The van der Waals surface area contributed by atoms with Gasteiger partial charge < -0.3 is 5.32 Å². The standard InChI is InChI=1S/C18H14F3N3O/c19-18(20,21)14-11-15(25)23-17(22-14)24-16(12-7-3-1-4-8-12)13-9-5-2-6-10-13/h1-11,16H,(H2,22,23,24,25). The van der Waals surface area contributed by atoms with Crippen molar-refractivity contribution >= 4 is 5.95 Å². The van der Waals surface area contributed by atoms with E-state index in [0.29, 0.717) is 6.07 Å². The van der Waals surface area contributed by atoms with Gasteiger partial charge in [-0.1, -0.05) is 60.7 Å². The van der Waals surface area contributed by atoms with Crippen LogP contribution in [0.15, 0.2) is 71.5 Å². The maximum atomic E-state index is 12.9. The first-order chi connectivity index (χ1) is 11.9. The molecular formula is C18H14F3N3O. The fraction of sp³-hybridized carbons (Fsp3) is 0.111. The molecule has 0 radical (unpaired) electrons. The van der Waals surface area contributed by atoms with Crippen molar-refractivity contribution in [3.63, 3.8) is 0 Å². The smallest absolute Gasteiger partial charge is 0.345 e. The number of anilines is 1. The molecule has 0 aliphatic heterocycles. The first kappa shape index (κ1) is 16.8. The predicted molar refractivity (Wildman–Crippen MR) is 88.2 cm³/mol. The van der Waals surface area contributed by atoms with Crippen molar-refractivity contribution in [2.45, 2.75) is 12.2 Å². The molecule has 25 heavy (non-hydrogen) atoms. The zero-order valence-corrected chi connectivity index (χ0v) is 12.9. The number of aromatic amines is 1. The SMILES string of the molecule is O=c1cc(C(F)(F)F)nc(NC(c2ccccc2)c2ccccc2)[nH]1. The average molecular weight is 345 g/mol. The molecule has 1 aromatic heterocycles. The number of nitrogens with zero attached hydrogens (tertiary/aromatic N) is 1. The van der Waals surface area contributed by atoms with Crippen molar-refractivity contribution < 1.29 is 13.2 Å². The number of aromatic nitrogens is 2. The van der Waals surface area contributed by atoms with E-state index in [4.69, 9.17) is 0 Å². The molecule has 128 valence electrons. The molecule has 3 aromatic rings. The van der Waals surface area contributed by atoms with Crippen LogP contribution in [0.4, 0.5) is 19.1 Å². The van der Waals surface area contributed by atoms with Crippen LogP contribution in [0.3, 0.4) is 0 Å². The number of H-pyrrole nitrogens is 1. The maximum absolute atomic E-state index is 12.9. The van der Waals surface area contributed by atoms with Crippen LogP contribution in [0.2, 0.25) is 0 Å². The molecule has 0 aliphatic rings. The highest BCUT2D eigenvalue weighted by Gasteiger charge is 2.33. The maximum Gasteiger partial charge on any atom is 0.433 e. The lowest BCUT2D eigenvalue weighted by molar-refractivity contribution is -0.141. The third kappa shape index (κ3) is 4.06. The quantitative estimate of drug-likeness (QED) is 0.752. The van der Waals surface area contributed by atoms with Crippen LogP contribution in [0.25, 0.3) is 0 Å². The molecule has 3 rings (SSSR count). The van der Waals surface area contributed by atoms with Crippen LogP contribution in [-0.4, -0.2) is 9.97 Å². The molecule has 0 saturated heterocycles. The van der Waals surface area contributed by atoms with Crippen LogP contribution in [-0.2, 0) is 6.18 Å². The summed E-state index contributed by atoms with van der Waals surface area (Å²) >= 11 is 0. The number of halogens is 3. The van der Waals surface area contributed by atoms with Gasteiger partial charge in [0.25, 0.3) is 5.56 Å². The van der Waals surface area contributed by atoms with E-state index in [2.05, 4.69) is 15.3 Å². The Morgan fingerprint density at radius 1 is 0.920 bits per heavy atom. The Hall–Kier alpha value is -3.09. The highest BCUT2D eigenvalue weighted by atomic mass is 19.4. The van der Waals surface area contributed by atoms with Crippen molar-refractivity contribution in [2.75, 3.05) is 5.32 Å². The summed E-state index contributed by atoms with van der Waals surface area (Å²) in [5, 5.41) is 2.90. The zero-order chi connectivity index (χ0) is 17.9. The lowest BCUT2D eigenvalue weighted by Gasteiger charge is -2.20. The van der Waals surface area contributed by atoms with E-state index in [1.807, 2.05) is 60.7 Å². The Labute approximate surface area is 141 Å². The molecule has 2 aromatic carbocycles. The van der Waals surface area contributed by atoms with Gasteiger partial charge >= 0.3 is 6.18 Å². The van der Waals surface area contributed by atoms with Gasteiger partial charge in [-0.05, 0) is 11.1 Å². The Morgan fingerprint density at radius 2 is 1.44 bits per heavy atom. The molecule has 0 bridgehead atoms. The van der Waals surface area contributed by atoms with Gasteiger partial charge in [0.1, 0.15) is 0 Å². The Balaban J connectivity index is 2.02. The molecule has 7 heteroatoms. The fourth-order valence-corrected chi connectivity index (χ4v) is 2.46. The van der Waals surface area contributed by atoms with Crippen molar-refractivity contribution in [3.05, 3.63) is 93.9 Å². The van der Waals surface area contributed by atoms with E-state index in [9.17, 15) is 18.0 Å². The third-order valence-corrected chi connectivity index (χ3v) is 3.58. The second kappa shape index (κ2) is 6.80. The molecule has 0 amide bonds. The summed E-state index contributed by atoms with van der Waals surface area (Å²) in [6.07, 6.45) is -4.69. The zero-order valence-electron chi connectivity index (χ0n) is 12.9. The van der Waals surface area contributed by atoms with E-state index >= 15 is 0 Å². The Morgan fingerprint density at radius 3 is 1.92 bits per heavy atom. The fourth-order valence-electron chi connectivity index (χ4n) is 2.46. The minimum atomic E-state index is -4.69. The first-order valence-electron chi connectivity index (χ1n) is 7.48. The largest absolute Gasteiger partial charge is 0.433 e. The number of rotatable bonds is 4. The molecular weight excluding hydrogens is 331 g/mol. The minimum absolute atomic E-state index is 0.238. The van der Waals surface area contributed by atoms with E-state index in [0.717, 1.165) is 11.1 Å². The number of hydrogen-bond donors (Lipinski definition) is 2. The molecule has 0 saturated carbocycles. The Bertz CT molecular complexity index is 853. The highest BCUT2D eigenvalue weighted by Crippen LogP contribution is 2.29. The van der Waals surface area contributed by atoms with E-state index in [1.54, 1.807) is 0 Å². The van der Waals surface area contributed by atoms with Gasteiger partial charge in [0.05, 0.1) is 6.04 Å². The predicted octanol–water partition coefficient (Wildman–Crippen LogP) is 3.99. The summed E-state index contributed by atoms with van der Waals surface area (Å²) < 4.78 is 38.7. The van der Waals surface area contributed by atoms with Crippen molar-refractivity contribution in [1.29, 1.82) is 0 Å². The average Bonchev–Trinajstić information content (AvgIpc) is 2.60. The number of benzene rings is 2. The van der Waals surface area contributed by atoms with Crippen LogP contribution in [0.1, 0.15) is 22.9 Å². The molecule has 1 heterocycles. The second-order valence-corrected chi connectivity index (χ2v) is 5.38. The second-order valence-electron chi connectivity index (χ2n) is 5.38. The van der Waals surface area contributed by atoms with Gasteiger partial charge in [-0.15, -0.1) is 0 Å². The van der Waals surface area contributed by atoms with Crippen molar-refractivity contribution in [1.82, 2.24) is 9.97 Å². The summed E-state index contributed by atoms with van der Waals surface area (Å²) in [6, 6.07) is 18.3. The number of hydrogen-bond acceptors (Lipinski definition) is 3. The van der Waals surface area contributed by atoms with Gasteiger partial charge in [-0.25, -0.2) is 4.98 Å². The molecule has 0 aliphatic carbocycles. The topological polar surface area (TPSA) is 57.8 Å². The summed E-state index contributed by atoms with van der Waals surface area (Å²) in [5.41, 5.74) is -0.453. The van der Waals surface area contributed by atoms with E-state index < -0.39 is 23.5 Å². The van der Waals surface area contributed by atoms with Crippen molar-refractivity contribution in [3.8, 4) is 0 Å². The van der Waals surface area contributed by atoms with Gasteiger partial charge in [0.2, 0.25) is 5.95 Å². The number of nitrogens with one attached hydrogen (secondary N) is 2. The van der Waals surface area contributed by atoms with E-state index in [1.165, 1.54) is 0 Å². The lowest BCUT2D eigenvalue weighted by Crippen LogP contribution is -2.21. The van der Waals surface area contributed by atoms with Crippen LogP contribution >= 0.6 is 0 Å².